The second kappa shape index (κ2) is 11.4. The average molecular weight is 512 g/mol. The summed E-state index contributed by atoms with van der Waals surface area (Å²) in [6, 6.07) is 8.29. The van der Waals surface area contributed by atoms with E-state index in [0.29, 0.717) is 0 Å². The number of fused-ring (bicyclic) bond motifs is 1. The SMILES string of the molecule is CCNC(=NCCCn1c(C)nc2ccccc21)NCCc1ncc(C)s1.I. The fraction of sp³-hybridized carbons (Fsp3) is 0.450. The van der Waals surface area contributed by atoms with Gasteiger partial charge in [-0.1, -0.05) is 12.1 Å². The number of benzene rings is 1. The van der Waals surface area contributed by atoms with Gasteiger partial charge in [-0.3, -0.25) is 4.99 Å². The summed E-state index contributed by atoms with van der Waals surface area (Å²) in [6.45, 7) is 9.63. The van der Waals surface area contributed by atoms with Crippen molar-refractivity contribution in [2.75, 3.05) is 19.6 Å². The summed E-state index contributed by atoms with van der Waals surface area (Å²) in [6.07, 6.45) is 3.83. The summed E-state index contributed by atoms with van der Waals surface area (Å²) in [5.41, 5.74) is 2.26. The van der Waals surface area contributed by atoms with Gasteiger partial charge < -0.3 is 15.2 Å². The first-order chi connectivity index (χ1) is 13.2. The maximum Gasteiger partial charge on any atom is 0.191 e. The standard InChI is InChI=1S/C20H28N6S.HI/c1-4-21-20(23-12-10-19-24-14-15(2)27-19)22-11-7-13-26-16(3)25-17-8-5-6-9-18(17)26;/h5-6,8-9,14H,4,7,10-13H2,1-3H3,(H2,21,22,23);1H. The van der Waals surface area contributed by atoms with Crippen LogP contribution in [0.15, 0.2) is 35.5 Å². The van der Waals surface area contributed by atoms with Crippen LogP contribution in [0, 0.1) is 13.8 Å². The van der Waals surface area contributed by atoms with Crippen LogP contribution in [0.25, 0.3) is 11.0 Å². The van der Waals surface area contributed by atoms with Crippen molar-refractivity contribution in [3.8, 4) is 0 Å². The lowest BCUT2D eigenvalue weighted by atomic mass is 10.3. The highest BCUT2D eigenvalue weighted by Crippen LogP contribution is 2.15. The Morgan fingerprint density at radius 1 is 1.21 bits per heavy atom. The van der Waals surface area contributed by atoms with Crippen LogP contribution in [0.3, 0.4) is 0 Å². The van der Waals surface area contributed by atoms with Gasteiger partial charge in [0.15, 0.2) is 5.96 Å². The van der Waals surface area contributed by atoms with Crippen LogP contribution >= 0.6 is 35.3 Å². The lowest BCUT2D eigenvalue weighted by molar-refractivity contribution is 0.646. The molecule has 6 nitrogen and oxygen atoms in total. The highest BCUT2D eigenvalue weighted by atomic mass is 127. The number of hydrogen-bond acceptors (Lipinski definition) is 4. The Balaban J connectivity index is 0.00000280. The van der Waals surface area contributed by atoms with Crippen LogP contribution in [-0.2, 0) is 13.0 Å². The van der Waals surface area contributed by atoms with E-state index in [2.05, 4.69) is 64.1 Å². The van der Waals surface area contributed by atoms with Gasteiger partial charge in [0.2, 0.25) is 0 Å². The summed E-state index contributed by atoms with van der Waals surface area (Å²) in [4.78, 5) is 15.0. The molecule has 3 rings (SSSR count). The number of nitrogens with one attached hydrogen (secondary N) is 2. The first kappa shape index (κ1) is 22.6. The number of hydrogen-bond donors (Lipinski definition) is 2. The predicted octanol–water partition coefficient (Wildman–Crippen LogP) is 3.92. The number of aliphatic imine (C=N–C) groups is 1. The van der Waals surface area contributed by atoms with Crippen LogP contribution in [0.2, 0.25) is 0 Å². The molecule has 0 aliphatic carbocycles. The Labute approximate surface area is 187 Å². The zero-order valence-electron chi connectivity index (χ0n) is 16.7. The topological polar surface area (TPSA) is 67.1 Å². The third kappa shape index (κ3) is 6.16. The average Bonchev–Trinajstić information content (AvgIpc) is 3.21. The second-order valence-corrected chi connectivity index (χ2v) is 7.77. The van der Waals surface area contributed by atoms with Crippen molar-refractivity contribution in [2.45, 2.75) is 40.2 Å². The molecule has 0 aliphatic rings. The fourth-order valence-corrected chi connectivity index (χ4v) is 3.83. The molecule has 28 heavy (non-hydrogen) atoms. The molecule has 0 fully saturated rings. The zero-order chi connectivity index (χ0) is 19.1. The van der Waals surface area contributed by atoms with Gasteiger partial charge in [0.25, 0.3) is 0 Å². The summed E-state index contributed by atoms with van der Waals surface area (Å²) >= 11 is 1.75. The lowest BCUT2D eigenvalue weighted by Gasteiger charge is -2.11. The van der Waals surface area contributed by atoms with Crippen molar-refractivity contribution >= 4 is 52.3 Å². The van der Waals surface area contributed by atoms with E-state index in [9.17, 15) is 0 Å². The van der Waals surface area contributed by atoms with Crippen LogP contribution < -0.4 is 10.6 Å². The minimum atomic E-state index is 0. The van der Waals surface area contributed by atoms with Gasteiger partial charge in [-0.15, -0.1) is 35.3 Å². The van der Waals surface area contributed by atoms with E-state index in [1.54, 1.807) is 11.3 Å². The number of thiazole rings is 1. The molecule has 0 amide bonds. The molecule has 2 heterocycles. The Morgan fingerprint density at radius 2 is 2.04 bits per heavy atom. The minimum absolute atomic E-state index is 0. The van der Waals surface area contributed by atoms with Gasteiger partial charge >= 0.3 is 0 Å². The van der Waals surface area contributed by atoms with E-state index in [-0.39, 0.29) is 24.0 Å². The number of guanidine groups is 1. The summed E-state index contributed by atoms with van der Waals surface area (Å²) < 4.78 is 2.27. The van der Waals surface area contributed by atoms with Crippen molar-refractivity contribution in [1.29, 1.82) is 0 Å². The molecule has 0 saturated carbocycles. The van der Waals surface area contributed by atoms with E-state index in [4.69, 9.17) is 4.99 Å². The molecule has 2 aromatic heterocycles. The predicted molar refractivity (Wildman–Crippen MR) is 129 cm³/mol. The van der Waals surface area contributed by atoms with E-state index in [0.717, 1.165) is 56.3 Å². The molecule has 0 saturated heterocycles. The maximum absolute atomic E-state index is 4.70. The van der Waals surface area contributed by atoms with Gasteiger partial charge in [0, 0.05) is 43.7 Å². The van der Waals surface area contributed by atoms with Gasteiger partial charge in [-0.2, -0.15) is 0 Å². The Kier molecular flexibility index (Phi) is 9.17. The van der Waals surface area contributed by atoms with E-state index in [1.807, 2.05) is 12.3 Å². The number of para-hydroxylation sites is 2. The lowest BCUT2D eigenvalue weighted by Crippen LogP contribution is -2.38. The number of imidazole rings is 1. The molecule has 0 spiro atoms. The molecule has 0 bridgehead atoms. The Morgan fingerprint density at radius 3 is 2.79 bits per heavy atom. The highest BCUT2D eigenvalue weighted by molar-refractivity contribution is 14.0. The van der Waals surface area contributed by atoms with E-state index < -0.39 is 0 Å². The molecule has 3 aromatic rings. The van der Waals surface area contributed by atoms with Gasteiger partial charge in [0.05, 0.1) is 16.0 Å². The summed E-state index contributed by atoms with van der Waals surface area (Å²) in [5.74, 6) is 1.93. The van der Waals surface area contributed by atoms with Crippen molar-refractivity contribution < 1.29 is 0 Å². The molecule has 0 radical (unpaired) electrons. The first-order valence-corrected chi connectivity index (χ1v) is 10.3. The van der Waals surface area contributed by atoms with E-state index in [1.165, 1.54) is 15.4 Å². The summed E-state index contributed by atoms with van der Waals surface area (Å²) in [7, 11) is 0. The van der Waals surface area contributed by atoms with Crippen LogP contribution in [0.4, 0.5) is 0 Å². The minimum Gasteiger partial charge on any atom is -0.357 e. The largest absolute Gasteiger partial charge is 0.357 e. The number of rotatable bonds is 8. The molecule has 8 heteroatoms. The smallest absolute Gasteiger partial charge is 0.191 e. The molecule has 1 aromatic carbocycles. The van der Waals surface area contributed by atoms with Crippen molar-refractivity contribution in [1.82, 2.24) is 25.2 Å². The molecule has 152 valence electrons. The Hall–Kier alpha value is -1.68. The van der Waals surface area contributed by atoms with Crippen molar-refractivity contribution in [2.24, 2.45) is 4.99 Å². The first-order valence-electron chi connectivity index (χ1n) is 9.52. The zero-order valence-corrected chi connectivity index (χ0v) is 19.9. The quantitative estimate of drug-likeness (QED) is 0.208. The van der Waals surface area contributed by atoms with Crippen LogP contribution in [0.1, 0.15) is 29.1 Å². The highest BCUT2D eigenvalue weighted by Gasteiger charge is 2.06. The number of aryl methyl sites for hydroxylation is 3. The molecule has 0 aliphatic heterocycles. The normalized spacial score (nSPS) is 11.5. The number of nitrogens with zero attached hydrogens (tertiary/aromatic N) is 4. The molecule has 2 N–H and O–H groups in total. The van der Waals surface area contributed by atoms with Crippen LogP contribution in [-0.4, -0.2) is 40.1 Å². The fourth-order valence-electron chi connectivity index (χ4n) is 3.04. The molecular formula is C20H29IN6S. The molecular weight excluding hydrogens is 483 g/mol. The maximum atomic E-state index is 4.70. The summed E-state index contributed by atoms with van der Waals surface area (Å²) in [5, 5.41) is 7.88. The second-order valence-electron chi connectivity index (χ2n) is 6.46. The third-order valence-electron chi connectivity index (χ3n) is 4.30. The van der Waals surface area contributed by atoms with Gasteiger partial charge in [-0.25, -0.2) is 9.97 Å². The van der Waals surface area contributed by atoms with Crippen LogP contribution in [0.5, 0.6) is 0 Å². The van der Waals surface area contributed by atoms with Crippen molar-refractivity contribution in [3.63, 3.8) is 0 Å². The third-order valence-corrected chi connectivity index (χ3v) is 5.27. The monoisotopic (exact) mass is 512 g/mol. The Bertz CT molecular complexity index is 901. The molecule has 0 unspecified atom stereocenters. The van der Waals surface area contributed by atoms with Crippen molar-refractivity contribution in [3.05, 3.63) is 46.2 Å². The number of aromatic nitrogens is 3. The molecule has 0 atom stereocenters. The van der Waals surface area contributed by atoms with Gasteiger partial charge in [0.1, 0.15) is 5.82 Å². The van der Waals surface area contributed by atoms with E-state index >= 15 is 0 Å². The van der Waals surface area contributed by atoms with Gasteiger partial charge in [-0.05, 0) is 39.3 Å². The number of halogens is 1.